The van der Waals surface area contributed by atoms with E-state index in [2.05, 4.69) is 0 Å². The van der Waals surface area contributed by atoms with Crippen molar-refractivity contribution in [3.8, 4) is 0 Å². The minimum atomic E-state index is -0.302. The lowest BCUT2D eigenvalue weighted by atomic mass is 9.91. The van der Waals surface area contributed by atoms with Crippen LogP contribution in [0.1, 0.15) is 35.4 Å². The first-order valence-electron chi connectivity index (χ1n) is 6.25. The third-order valence-corrected chi connectivity index (χ3v) is 4.77. The Morgan fingerprint density at radius 3 is 2.83 bits per heavy atom. The zero-order chi connectivity index (χ0) is 13.1. The number of likely N-dealkylation sites (N-methyl/N-ethyl adjacent to an activating group) is 1. The fourth-order valence-electron chi connectivity index (χ4n) is 2.49. The van der Waals surface area contributed by atoms with Gasteiger partial charge in [0.25, 0.3) is 0 Å². The van der Waals surface area contributed by atoms with Crippen molar-refractivity contribution in [2.45, 2.75) is 37.8 Å². The maximum atomic E-state index is 12.0. The Labute approximate surface area is 116 Å². The molecule has 18 heavy (non-hydrogen) atoms. The average molecular weight is 288 g/mol. The van der Waals surface area contributed by atoms with Gasteiger partial charge in [-0.25, -0.2) is 0 Å². The molecule has 0 spiro atoms. The van der Waals surface area contributed by atoms with Gasteiger partial charge in [-0.1, -0.05) is 24.4 Å². The van der Waals surface area contributed by atoms with Crippen LogP contribution in [0.4, 0.5) is 0 Å². The first-order valence-corrected chi connectivity index (χ1v) is 7.44. The minimum absolute atomic E-state index is 0.0761. The average Bonchev–Trinajstić information content (AvgIpc) is 2.76. The Hall–Kier alpha value is -0.420. The van der Waals surface area contributed by atoms with Gasteiger partial charge in [0, 0.05) is 6.04 Å². The summed E-state index contributed by atoms with van der Waals surface area (Å²) in [6, 6.07) is 3.62. The molecule has 0 saturated heterocycles. The molecule has 2 rings (SSSR count). The lowest BCUT2D eigenvalue weighted by molar-refractivity contribution is 0.0323. The summed E-state index contributed by atoms with van der Waals surface area (Å²) in [6.45, 7) is 0.346. The number of halogens is 1. The van der Waals surface area contributed by atoms with Crippen molar-refractivity contribution in [2.75, 3.05) is 13.6 Å². The molecule has 100 valence electrons. The summed E-state index contributed by atoms with van der Waals surface area (Å²) in [4.78, 5) is 14.7. The van der Waals surface area contributed by atoms with Crippen molar-refractivity contribution in [1.29, 1.82) is 0 Å². The molecule has 1 aliphatic carbocycles. The van der Waals surface area contributed by atoms with Gasteiger partial charge in [-0.15, -0.1) is 11.3 Å². The molecule has 3 nitrogen and oxygen atoms in total. The molecule has 0 radical (unpaired) electrons. The summed E-state index contributed by atoms with van der Waals surface area (Å²) in [7, 11) is 1.91. The van der Waals surface area contributed by atoms with E-state index in [4.69, 9.17) is 11.6 Å². The third kappa shape index (κ3) is 3.32. The molecule has 1 aliphatic rings. The smallest absolute Gasteiger partial charge is 0.186 e. The molecule has 0 amide bonds. The Bertz CT molecular complexity index is 421. The highest BCUT2D eigenvalue weighted by Gasteiger charge is 2.27. The topological polar surface area (TPSA) is 40.5 Å². The molecule has 1 aromatic rings. The van der Waals surface area contributed by atoms with Crippen molar-refractivity contribution >= 4 is 28.7 Å². The Kier molecular flexibility index (Phi) is 4.78. The molecular weight excluding hydrogens is 270 g/mol. The SMILES string of the molecule is CN(CC(=O)c1ccc(Cl)s1)C1CCCCC1O. The highest BCUT2D eigenvalue weighted by molar-refractivity contribution is 7.18. The van der Waals surface area contributed by atoms with E-state index in [-0.39, 0.29) is 17.9 Å². The lowest BCUT2D eigenvalue weighted by Gasteiger charge is -2.34. The number of rotatable bonds is 4. The molecule has 2 atom stereocenters. The number of carbonyl (C=O) groups is 1. The monoisotopic (exact) mass is 287 g/mol. The summed E-state index contributed by atoms with van der Waals surface area (Å²) >= 11 is 7.14. The first-order chi connectivity index (χ1) is 8.58. The number of carbonyl (C=O) groups excluding carboxylic acids is 1. The quantitative estimate of drug-likeness (QED) is 0.866. The van der Waals surface area contributed by atoms with Gasteiger partial charge >= 0.3 is 0 Å². The molecule has 5 heteroatoms. The molecule has 0 aliphatic heterocycles. The molecule has 1 fully saturated rings. The molecule has 1 saturated carbocycles. The Morgan fingerprint density at radius 2 is 2.22 bits per heavy atom. The van der Waals surface area contributed by atoms with Crippen molar-refractivity contribution in [1.82, 2.24) is 4.90 Å². The van der Waals surface area contributed by atoms with E-state index < -0.39 is 0 Å². The first kappa shape index (κ1) is 14.0. The van der Waals surface area contributed by atoms with Gasteiger partial charge in [0.15, 0.2) is 5.78 Å². The zero-order valence-electron chi connectivity index (χ0n) is 10.4. The van der Waals surface area contributed by atoms with Crippen LogP contribution in [0.25, 0.3) is 0 Å². The van der Waals surface area contributed by atoms with Gasteiger partial charge in [0.1, 0.15) is 0 Å². The van der Waals surface area contributed by atoms with Gasteiger partial charge in [-0.2, -0.15) is 0 Å². The molecule has 0 aromatic carbocycles. The normalized spacial score (nSPS) is 24.4. The number of ketones is 1. The largest absolute Gasteiger partial charge is 0.391 e. The van der Waals surface area contributed by atoms with Crippen LogP contribution in [-0.2, 0) is 0 Å². The lowest BCUT2D eigenvalue weighted by Crippen LogP contribution is -2.45. The van der Waals surface area contributed by atoms with Gasteiger partial charge in [0.2, 0.25) is 0 Å². The van der Waals surface area contributed by atoms with Crippen molar-refractivity contribution in [2.24, 2.45) is 0 Å². The molecule has 2 unspecified atom stereocenters. The van der Waals surface area contributed by atoms with Crippen LogP contribution < -0.4 is 0 Å². The van der Waals surface area contributed by atoms with E-state index in [0.29, 0.717) is 15.8 Å². The summed E-state index contributed by atoms with van der Waals surface area (Å²) in [6.07, 6.45) is 3.72. The van der Waals surface area contributed by atoms with E-state index in [1.807, 2.05) is 11.9 Å². The van der Waals surface area contributed by atoms with Crippen molar-refractivity contribution in [3.63, 3.8) is 0 Å². The Balaban J connectivity index is 1.94. The number of hydrogen-bond donors (Lipinski definition) is 1. The molecular formula is C13H18ClNO2S. The molecule has 0 bridgehead atoms. The zero-order valence-corrected chi connectivity index (χ0v) is 12.0. The van der Waals surface area contributed by atoms with Crippen LogP contribution in [-0.4, -0.2) is 41.5 Å². The van der Waals surface area contributed by atoms with Crippen molar-refractivity contribution in [3.05, 3.63) is 21.3 Å². The van der Waals surface area contributed by atoms with E-state index in [0.717, 1.165) is 25.7 Å². The summed E-state index contributed by atoms with van der Waals surface area (Å²) in [5.41, 5.74) is 0. The maximum absolute atomic E-state index is 12.0. The van der Waals surface area contributed by atoms with Crippen LogP contribution in [0.2, 0.25) is 4.34 Å². The fraction of sp³-hybridized carbons (Fsp3) is 0.615. The number of hydrogen-bond acceptors (Lipinski definition) is 4. The molecule has 1 heterocycles. The fourth-order valence-corrected chi connectivity index (χ4v) is 3.46. The number of aliphatic hydroxyl groups is 1. The molecule has 1 aromatic heterocycles. The predicted octanol–water partition coefficient (Wildman–Crippen LogP) is 2.82. The maximum Gasteiger partial charge on any atom is 0.186 e. The van der Waals surface area contributed by atoms with Gasteiger partial charge < -0.3 is 5.11 Å². The number of aliphatic hydroxyl groups excluding tert-OH is 1. The van der Waals surface area contributed by atoms with Crippen LogP contribution in [0, 0.1) is 0 Å². The second-order valence-corrected chi connectivity index (χ2v) is 6.58. The standard InChI is InChI=1S/C13H18ClNO2S/c1-15(9-4-2-3-5-10(9)16)8-11(17)12-6-7-13(14)18-12/h6-7,9-10,16H,2-5,8H2,1H3. The molecule has 1 N–H and O–H groups in total. The van der Waals surface area contributed by atoms with E-state index in [1.54, 1.807) is 12.1 Å². The van der Waals surface area contributed by atoms with Gasteiger partial charge in [-0.3, -0.25) is 9.69 Å². The van der Waals surface area contributed by atoms with Gasteiger partial charge in [0.05, 0.1) is 21.9 Å². The van der Waals surface area contributed by atoms with E-state index >= 15 is 0 Å². The number of Topliss-reactive ketones (excluding diaryl/α,β-unsaturated/α-hetero) is 1. The Morgan fingerprint density at radius 1 is 1.50 bits per heavy atom. The third-order valence-electron chi connectivity index (χ3n) is 3.50. The van der Waals surface area contributed by atoms with Crippen LogP contribution in [0.15, 0.2) is 12.1 Å². The minimum Gasteiger partial charge on any atom is -0.391 e. The number of nitrogens with zero attached hydrogens (tertiary/aromatic N) is 1. The second-order valence-electron chi connectivity index (χ2n) is 4.86. The summed E-state index contributed by atoms with van der Waals surface area (Å²) < 4.78 is 0.638. The summed E-state index contributed by atoms with van der Waals surface area (Å²) in [5.74, 6) is 0.0761. The number of thiophene rings is 1. The second kappa shape index (κ2) is 6.15. The van der Waals surface area contributed by atoms with E-state index in [9.17, 15) is 9.90 Å². The predicted molar refractivity (Wildman–Crippen MR) is 74.6 cm³/mol. The highest BCUT2D eigenvalue weighted by atomic mass is 35.5. The van der Waals surface area contributed by atoms with Crippen LogP contribution in [0.5, 0.6) is 0 Å². The van der Waals surface area contributed by atoms with Crippen LogP contribution in [0.3, 0.4) is 0 Å². The van der Waals surface area contributed by atoms with Gasteiger partial charge in [-0.05, 0) is 32.0 Å². The van der Waals surface area contributed by atoms with E-state index in [1.165, 1.54) is 11.3 Å². The van der Waals surface area contributed by atoms with Crippen LogP contribution >= 0.6 is 22.9 Å². The highest BCUT2D eigenvalue weighted by Crippen LogP contribution is 2.24. The summed E-state index contributed by atoms with van der Waals surface area (Å²) in [5, 5.41) is 9.96. The van der Waals surface area contributed by atoms with Crippen molar-refractivity contribution < 1.29 is 9.90 Å².